The molecule has 0 N–H and O–H groups in total. The van der Waals surface area contributed by atoms with Crippen LogP contribution in [0, 0.1) is 11.6 Å². The van der Waals surface area contributed by atoms with E-state index in [1.54, 1.807) is 6.07 Å². The molecule has 0 saturated carbocycles. The number of ether oxygens (including phenoxy) is 1. The molecule has 0 aliphatic heterocycles. The first-order valence-electron chi connectivity index (χ1n) is 5.90. The maximum absolute atomic E-state index is 13.4. The van der Waals surface area contributed by atoms with Crippen LogP contribution in [-0.2, 0) is 6.42 Å². The van der Waals surface area contributed by atoms with E-state index in [0.717, 1.165) is 18.4 Å². The van der Waals surface area contributed by atoms with Crippen molar-refractivity contribution in [2.24, 2.45) is 0 Å². The van der Waals surface area contributed by atoms with Gasteiger partial charge in [-0.15, -0.1) is 0 Å². The predicted molar refractivity (Wildman–Crippen MR) is 66.9 cm³/mol. The standard InChI is InChI=1S/C15H14F2O/c1-2-3-11-8-13(17)10-15(9-11)18-14-6-4-12(16)5-7-14/h4-10H,2-3H2,1H3. The van der Waals surface area contributed by atoms with Crippen molar-refractivity contribution in [1.82, 2.24) is 0 Å². The number of aryl methyl sites for hydroxylation is 1. The van der Waals surface area contributed by atoms with Crippen LogP contribution in [0.15, 0.2) is 42.5 Å². The first-order chi connectivity index (χ1) is 8.67. The molecule has 0 radical (unpaired) electrons. The van der Waals surface area contributed by atoms with Crippen LogP contribution in [0.1, 0.15) is 18.9 Å². The van der Waals surface area contributed by atoms with Gasteiger partial charge in [0, 0.05) is 6.07 Å². The third-order valence-electron chi connectivity index (χ3n) is 2.52. The molecule has 2 aromatic rings. The summed E-state index contributed by atoms with van der Waals surface area (Å²) in [6.07, 6.45) is 1.75. The van der Waals surface area contributed by atoms with E-state index in [1.165, 1.54) is 36.4 Å². The second-order valence-corrected chi connectivity index (χ2v) is 4.10. The lowest BCUT2D eigenvalue weighted by Gasteiger charge is -2.08. The Labute approximate surface area is 105 Å². The minimum Gasteiger partial charge on any atom is -0.457 e. The van der Waals surface area contributed by atoms with Crippen molar-refractivity contribution in [1.29, 1.82) is 0 Å². The minimum absolute atomic E-state index is 0.321. The highest BCUT2D eigenvalue weighted by atomic mass is 19.1. The minimum atomic E-state index is -0.326. The number of benzene rings is 2. The van der Waals surface area contributed by atoms with Gasteiger partial charge in [-0.25, -0.2) is 8.78 Å². The maximum atomic E-state index is 13.4. The summed E-state index contributed by atoms with van der Waals surface area (Å²) in [5.74, 6) is 0.279. The van der Waals surface area contributed by atoms with E-state index in [4.69, 9.17) is 4.74 Å². The van der Waals surface area contributed by atoms with Gasteiger partial charge >= 0.3 is 0 Å². The lowest BCUT2D eigenvalue weighted by Crippen LogP contribution is -1.90. The molecule has 3 heteroatoms. The van der Waals surface area contributed by atoms with Gasteiger partial charge in [-0.05, 0) is 48.4 Å². The lowest BCUT2D eigenvalue weighted by molar-refractivity contribution is 0.474. The van der Waals surface area contributed by atoms with E-state index in [-0.39, 0.29) is 11.6 Å². The number of hydrogen-bond donors (Lipinski definition) is 0. The fraction of sp³-hybridized carbons (Fsp3) is 0.200. The molecule has 0 aliphatic rings. The Bertz CT molecular complexity index is 521. The molecule has 0 amide bonds. The van der Waals surface area contributed by atoms with E-state index in [2.05, 4.69) is 0 Å². The van der Waals surface area contributed by atoms with Gasteiger partial charge in [0.2, 0.25) is 0 Å². The van der Waals surface area contributed by atoms with Crippen molar-refractivity contribution >= 4 is 0 Å². The summed E-state index contributed by atoms with van der Waals surface area (Å²) >= 11 is 0. The Hall–Kier alpha value is -1.90. The smallest absolute Gasteiger partial charge is 0.130 e. The average Bonchev–Trinajstić information content (AvgIpc) is 2.32. The molecule has 2 rings (SSSR count). The third kappa shape index (κ3) is 3.29. The molecule has 2 aromatic carbocycles. The van der Waals surface area contributed by atoms with Gasteiger partial charge in [-0.2, -0.15) is 0 Å². The molecule has 1 nitrogen and oxygen atoms in total. The predicted octanol–water partition coefficient (Wildman–Crippen LogP) is 4.71. The van der Waals surface area contributed by atoms with E-state index >= 15 is 0 Å². The van der Waals surface area contributed by atoms with E-state index in [0.29, 0.717) is 11.5 Å². The molecule has 0 unspecified atom stereocenters. The van der Waals surface area contributed by atoms with Crippen molar-refractivity contribution in [2.45, 2.75) is 19.8 Å². The monoisotopic (exact) mass is 248 g/mol. The van der Waals surface area contributed by atoms with Gasteiger partial charge < -0.3 is 4.74 Å². The largest absolute Gasteiger partial charge is 0.457 e. The molecule has 0 spiro atoms. The van der Waals surface area contributed by atoms with Crippen LogP contribution in [-0.4, -0.2) is 0 Å². The van der Waals surface area contributed by atoms with Gasteiger partial charge in [0.15, 0.2) is 0 Å². The third-order valence-corrected chi connectivity index (χ3v) is 2.52. The molecule has 0 bridgehead atoms. The van der Waals surface area contributed by atoms with Crippen LogP contribution in [0.2, 0.25) is 0 Å². The SMILES string of the molecule is CCCc1cc(F)cc(Oc2ccc(F)cc2)c1. The highest BCUT2D eigenvalue weighted by molar-refractivity contribution is 5.34. The average molecular weight is 248 g/mol. The van der Waals surface area contributed by atoms with Crippen molar-refractivity contribution in [3.8, 4) is 11.5 Å². The van der Waals surface area contributed by atoms with Gasteiger partial charge in [0.1, 0.15) is 23.1 Å². The zero-order valence-electron chi connectivity index (χ0n) is 10.1. The first kappa shape index (κ1) is 12.6. The zero-order chi connectivity index (χ0) is 13.0. The summed E-state index contributed by atoms with van der Waals surface area (Å²) in [6.45, 7) is 2.03. The topological polar surface area (TPSA) is 9.23 Å². The van der Waals surface area contributed by atoms with Crippen LogP contribution < -0.4 is 4.74 Å². The normalized spacial score (nSPS) is 10.4. The van der Waals surface area contributed by atoms with Gasteiger partial charge in [-0.3, -0.25) is 0 Å². The van der Waals surface area contributed by atoms with Gasteiger partial charge in [0.25, 0.3) is 0 Å². The van der Waals surface area contributed by atoms with Crippen molar-refractivity contribution in [3.05, 3.63) is 59.7 Å². The second kappa shape index (κ2) is 5.63. The molecule has 0 heterocycles. The van der Waals surface area contributed by atoms with Crippen LogP contribution in [0.5, 0.6) is 11.5 Å². The van der Waals surface area contributed by atoms with Crippen LogP contribution in [0.3, 0.4) is 0 Å². The fourth-order valence-corrected chi connectivity index (χ4v) is 1.75. The summed E-state index contributed by atoms with van der Waals surface area (Å²) in [5, 5.41) is 0. The molecule has 0 aromatic heterocycles. The molecule has 0 atom stereocenters. The van der Waals surface area contributed by atoms with E-state index in [9.17, 15) is 8.78 Å². The molecular weight excluding hydrogens is 234 g/mol. The Morgan fingerprint density at radius 2 is 1.61 bits per heavy atom. The van der Waals surface area contributed by atoms with Crippen molar-refractivity contribution < 1.29 is 13.5 Å². The number of rotatable bonds is 4. The summed E-state index contributed by atoms with van der Waals surface area (Å²) < 4.78 is 31.6. The maximum Gasteiger partial charge on any atom is 0.130 e. The van der Waals surface area contributed by atoms with Gasteiger partial charge in [0.05, 0.1) is 0 Å². The molecule has 0 aliphatic carbocycles. The van der Waals surface area contributed by atoms with Crippen molar-refractivity contribution in [2.75, 3.05) is 0 Å². The summed E-state index contributed by atoms with van der Waals surface area (Å²) in [4.78, 5) is 0. The Balaban J connectivity index is 2.20. The summed E-state index contributed by atoms with van der Waals surface area (Å²) in [7, 11) is 0. The molecular formula is C15H14F2O. The fourth-order valence-electron chi connectivity index (χ4n) is 1.75. The molecule has 0 fully saturated rings. The second-order valence-electron chi connectivity index (χ2n) is 4.10. The quantitative estimate of drug-likeness (QED) is 0.761. The molecule has 0 saturated heterocycles. The first-order valence-corrected chi connectivity index (χ1v) is 5.90. The van der Waals surface area contributed by atoms with Crippen LogP contribution in [0.4, 0.5) is 8.78 Å². The van der Waals surface area contributed by atoms with E-state index in [1.807, 2.05) is 6.92 Å². The molecule has 18 heavy (non-hydrogen) atoms. The number of halogens is 2. The van der Waals surface area contributed by atoms with Crippen LogP contribution in [0.25, 0.3) is 0 Å². The van der Waals surface area contributed by atoms with Gasteiger partial charge in [-0.1, -0.05) is 13.3 Å². The number of hydrogen-bond acceptors (Lipinski definition) is 1. The highest BCUT2D eigenvalue weighted by Gasteiger charge is 2.03. The highest BCUT2D eigenvalue weighted by Crippen LogP contribution is 2.24. The summed E-state index contributed by atoms with van der Waals surface area (Å²) in [5.41, 5.74) is 0.898. The Morgan fingerprint density at radius 1 is 0.889 bits per heavy atom. The van der Waals surface area contributed by atoms with E-state index < -0.39 is 0 Å². The van der Waals surface area contributed by atoms with Crippen LogP contribution >= 0.6 is 0 Å². The Kier molecular flexibility index (Phi) is 3.92. The van der Waals surface area contributed by atoms with Crippen molar-refractivity contribution in [3.63, 3.8) is 0 Å². The summed E-state index contributed by atoms with van der Waals surface area (Å²) in [6, 6.07) is 10.3. The Morgan fingerprint density at radius 3 is 2.28 bits per heavy atom. The lowest BCUT2D eigenvalue weighted by atomic mass is 10.1. The zero-order valence-corrected chi connectivity index (χ0v) is 10.1. The molecule has 94 valence electrons.